The summed E-state index contributed by atoms with van der Waals surface area (Å²) >= 11 is -2.44. The van der Waals surface area contributed by atoms with E-state index in [0.29, 0.717) is 0 Å². The molecule has 0 saturated carbocycles. The fourth-order valence-electron chi connectivity index (χ4n) is 4.30. The molecular formula is C25H42Sn. The molecule has 0 bridgehead atoms. The third-order valence-electron chi connectivity index (χ3n) is 5.71. The van der Waals surface area contributed by atoms with Crippen LogP contribution in [0, 0.1) is 0 Å². The molecule has 0 nitrogen and oxygen atoms in total. The van der Waals surface area contributed by atoms with Gasteiger partial charge in [0.05, 0.1) is 0 Å². The molecular weight excluding hydrogens is 419 g/mol. The molecule has 1 heteroatoms. The summed E-state index contributed by atoms with van der Waals surface area (Å²) in [6.45, 7) is 11.7. The van der Waals surface area contributed by atoms with Crippen LogP contribution in [0.15, 0.2) is 48.1 Å². The maximum atomic E-state index is 2.43. The SMILES string of the molecule is C/C=C/C/C(C)=[C](\c1ccccc1)[Sn]([CH2]CCC)([CH2]CCC)[CH2]CCC. The molecule has 0 aliphatic carbocycles. The summed E-state index contributed by atoms with van der Waals surface area (Å²) in [7, 11) is 0. The molecule has 0 amide bonds. The minimum absolute atomic E-state index is 1.13. The monoisotopic (exact) mass is 462 g/mol. The Kier molecular flexibility index (Phi) is 12.3. The first-order valence-corrected chi connectivity index (χ1v) is 18.5. The quantitative estimate of drug-likeness (QED) is 0.203. The van der Waals surface area contributed by atoms with Crippen molar-refractivity contribution < 1.29 is 0 Å². The van der Waals surface area contributed by atoms with E-state index in [-0.39, 0.29) is 0 Å². The Labute approximate surface area is 168 Å². The van der Waals surface area contributed by atoms with Crippen LogP contribution < -0.4 is 0 Å². The van der Waals surface area contributed by atoms with Crippen molar-refractivity contribution in [2.45, 2.75) is 92.9 Å². The Morgan fingerprint density at radius 2 is 1.35 bits per heavy atom. The molecule has 0 N–H and O–H groups in total. The van der Waals surface area contributed by atoms with E-state index in [1.165, 1.54) is 38.5 Å². The summed E-state index contributed by atoms with van der Waals surface area (Å²) < 4.78 is 6.50. The predicted molar refractivity (Wildman–Crippen MR) is 123 cm³/mol. The van der Waals surface area contributed by atoms with Gasteiger partial charge in [-0.2, -0.15) is 0 Å². The van der Waals surface area contributed by atoms with Crippen LogP contribution >= 0.6 is 0 Å². The molecule has 26 heavy (non-hydrogen) atoms. The average Bonchev–Trinajstić information content (AvgIpc) is 2.68. The van der Waals surface area contributed by atoms with Crippen molar-refractivity contribution in [2.24, 2.45) is 0 Å². The van der Waals surface area contributed by atoms with Gasteiger partial charge >= 0.3 is 168 Å². The average molecular weight is 461 g/mol. The van der Waals surface area contributed by atoms with Gasteiger partial charge in [-0.05, 0) is 0 Å². The van der Waals surface area contributed by atoms with Crippen LogP contribution in [0.5, 0.6) is 0 Å². The second-order valence-electron chi connectivity index (χ2n) is 7.89. The van der Waals surface area contributed by atoms with Crippen molar-refractivity contribution >= 4 is 22.0 Å². The molecule has 0 unspecified atom stereocenters. The van der Waals surface area contributed by atoms with E-state index in [9.17, 15) is 0 Å². The Balaban J connectivity index is 3.49. The topological polar surface area (TPSA) is 0 Å². The third-order valence-corrected chi connectivity index (χ3v) is 22.0. The van der Waals surface area contributed by atoms with Crippen molar-refractivity contribution in [1.29, 1.82) is 0 Å². The first-order valence-electron chi connectivity index (χ1n) is 11.0. The molecule has 0 aliphatic rings. The van der Waals surface area contributed by atoms with Gasteiger partial charge in [-0.3, -0.25) is 0 Å². The molecule has 0 saturated heterocycles. The zero-order chi connectivity index (χ0) is 19.3. The Morgan fingerprint density at radius 1 is 0.846 bits per heavy atom. The van der Waals surface area contributed by atoms with Crippen molar-refractivity contribution in [1.82, 2.24) is 0 Å². The number of hydrogen-bond acceptors (Lipinski definition) is 0. The first-order chi connectivity index (χ1) is 12.6. The molecule has 0 spiro atoms. The van der Waals surface area contributed by atoms with Gasteiger partial charge in [-0.1, -0.05) is 0 Å². The number of unbranched alkanes of at least 4 members (excludes halogenated alkanes) is 3. The van der Waals surface area contributed by atoms with E-state index in [0.717, 1.165) is 6.42 Å². The van der Waals surface area contributed by atoms with Gasteiger partial charge in [0.1, 0.15) is 0 Å². The third kappa shape index (κ3) is 7.25. The summed E-state index contributed by atoms with van der Waals surface area (Å²) in [6, 6.07) is 11.4. The van der Waals surface area contributed by atoms with Gasteiger partial charge in [-0.15, -0.1) is 0 Å². The van der Waals surface area contributed by atoms with E-state index in [4.69, 9.17) is 0 Å². The van der Waals surface area contributed by atoms with E-state index >= 15 is 0 Å². The Morgan fingerprint density at radius 3 is 1.77 bits per heavy atom. The zero-order valence-corrected chi connectivity index (χ0v) is 21.0. The molecule has 0 aromatic heterocycles. The van der Waals surface area contributed by atoms with Crippen molar-refractivity contribution in [3.8, 4) is 0 Å². The summed E-state index contributed by atoms with van der Waals surface area (Å²) in [5.74, 6) is 0. The van der Waals surface area contributed by atoms with Gasteiger partial charge in [0, 0.05) is 0 Å². The van der Waals surface area contributed by atoms with Crippen LogP contribution in [0.3, 0.4) is 0 Å². The van der Waals surface area contributed by atoms with Crippen molar-refractivity contribution in [3.05, 3.63) is 53.6 Å². The first kappa shape index (κ1) is 23.5. The van der Waals surface area contributed by atoms with E-state index in [1.54, 1.807) is 24.4 Å². The van der Waals surface area contributed by atoms with Crippen molar-refractivity contribution in [2.75, 3.05) is 0 Å². The van der Waals surface area contributed by atoms with Crippen molar-refractivity contribution in [3.63, 3.8) is 0 Å². The molecule has 1 aromatic rings. The molecule has 1 aromatic carbocycles. The molecule has 0 aliphatic heterocycles. The van der Waals surface area contributed by atoms with Crippen LogP contribution in [0.1, 0.15) is 85.1 Å². The summed E-state index contributed by atoms with van der Waals surface area (Å²) in [6.07, 6.45) is 14.0. The normalized spacial score (nSPS) is 13.3. The van der Waals surface area contributed by atoms with Gasteiger partial charge < -0.3 is 0 Å². The van der Waals surface area contributed by atoms with Crippen LogP contribution in [-0.4, -0.2) is 18.4 Å². The van der Waals surface area contributed by atoms with E-state index in [1.807, 2.05) is 3.59 Å². The second kappa shape index (κ2) is 13.6. The van der Waals surface area contributed by atoms with Crippen LogP contribution in [-0.2, 0) is 0 Å². The predicted octanol–water partition coefficient (Wildman–Crippen LogP) is 8.81. The van der Waals surface area contributed by atoms with Crippen LogP contribution in [0.2, 0.25) is 13.3 Å². The number of allylic oxidation sites excluding steroid dienone is 3. The standard InChI is InChI=1S/C13H15.3C4H9.Sn/c1-3-4-8-12(2)11-13-9-6-5-7-10-13;3*1-3-4-2;/h3-7,9-10H,8H2,1-2H3;3*1,3-4H2,2H3;/b4-3+,12-11?;;;;. The van der Waals surface area contributed by atoms with Crippen LogP contribution in [0.4, 0.5) is 0 Å². The second-order valence-corrected chi connectivity index (χ2v) is 20.9. The van der Waals surface area contributed by atoms with Gasteiger partial charge in [0.15, 0.2) is 0 Å². The Hall–Kier alpha value is -0.501. The number of hydrogen-bond donors (Lipinski definition) is 0. The molecule has 0 fully saturated rings. The fourth-order valence-corrected chi connectivity index (χ4v) is 22.5. The number of rotatable bonds is 13. The summed E-state index contributed by atoms with van der Waals surface area (Å²) in [5, 5.41) is 0. The van der Waals surface area contributed by atoms with Crippen LogP contribution in [0.25, 0.3) is 3.59 Å². The molecule has 0 heterocycles. The minimum atomic E-state index is -2.44. The zero-order valence-electron chi connectivity index (χ0n) is 18.1. The van der Waals surface area contributed by atoms with Gasteiger partial charge in [0.2, 0.25) is 0 Å². The molecule has 1 rings (SSSR count). The number of benzene rings is 1. The van der Waals surface area contributed by atoms with Gasteiger partial charge in [0.25, 0.3) is 0 Å². The van der Waals surface area contributed by atoms with E-state index < -0.39 is 18.4 Å². The fraction of sp³-hybridized carbons (Fsp3) is 0.600. The summed E-state index contributed by atoms with van der Waals surface area (Å²) in [4.78, 5) is 0. The summed E-state index contributed by atoms with van der Waals surface area (Å²) in [5.41, 5.74) is 3.21. The Bertz CT molecular complexity index is 517. The maximum absolute atomic E-state index is 2.44. The molecule has 146 valence electrons. The molecule has 0 atom stereocenters. The van der Waals surface area contributed by atoms with E-state index in [2.05, 4.69) is 77.1 Å². The van der Waals surface area contributed by atoms with Gasteiger partial charge in [-0.25, -0.2) is 0 Å². The molecule has 0 radical (unpaired) electrons.